The molecule has 0 saturated carbocycles. The van der Waals surface area contributed by atoms with Gasteiger partial charge < -0.3 is 9.66 Å². The first-order chi connectivity index (χ1) is 11.7. The predicted molar refractivity (Wildman–Crippen MR) is 97.2 cm³/mol. The summed E-state index contributed by atoms with van der Waals surface area (Å²) in [6.45, 7) is 0. The van der Waals surface area contributed by atoms with Crippen molar-refractivity contribution in [2.45, 2.75) is 11.0 Å². The molecular formula is C20H17NO2S. The van der Waals surface area contributed by atoms with Gasteiger partial charge in [-0.3, -0.25) is 0 Å². The van der Waals surface area contributed by atoms with Crippen LogP contribution in [0.4, 0.5) is 5.69 Å². The molecule has 120 valence electrons. The first kappa shape index (κ1) is 15.3. The Morgan fingerprint density at radius 2 is 1.58 bits per heavy atom. The number of nitrogens with zero attached hydrogens (tertiary/aromatic N) is 1. The predicted octanol–water partition coefficient (Wildman–Crippen LogP) is 3.91. The van der Waals surface area contributed by atoms with Crippen molar-refractivity contribution >= 4 is 17.0 Å². The second-order valence-corrected chi connectivity index (χ2v) is 7.31. The van der Waals surface area contributed by atoms with E-state index in [4.69, 9.17) is 0 Å². The highest BCUT2D eigenvalue weighted by atomic mass is 32.2. The Morgan fingerprint density at radius 1 is 0.875 bits per heavy atom. The average Bonchev–Trinajstić information content (AvgIpc) is 2.73. The van der Waals surface area contributed by atoms with Crippen molar-refractivity contribution in [2.75, 3.05) is 11.4 Å². The summed E-state index contributed by atoms with van der Waals surface area (Å²) in [7, 11) is 1.80. The van der Waals surface area contributed by atoms with Crippen molar-refractivity contribution < 1.29 is 9.66 Å². The highest BCUT2D eigenvalue weighted by molar-refractivity contribution is 7.92. The van der Waals surface area contributed by atoms with Crippen molar-refractivity contribution in [3.05, 3.63) is 83.9 Å². The third-order valence-electron chi connectivity index (χ3n) is 4.42. The van der Waals surface area contributed by atoms with Gasteiger partial charge in [-0.1, -0.05) is 60.7 Å². The van der Waals surface area contributed by atoms with E-state index in [0.29, 0.717) is 10.5 Å². The molecule has 0 aromatic heterocycles. The van der Waals surface area contributed by atoms with Gasteiger partial charge in [0.05, 0.1) is 12.7 Å². The fraction of sp³-hybridized carbons (Fsp3) is 0.100. The van der Waals surface area contributed by atoms with E-state index in [2.05, 4.69) is 0 Å². The molecule has 0 radical (unpaired) electrons. The lowest BCUT2D eigenvalue weighted by atomic mass is 9.97. The molecule has 0 fully saturated rings. The van der Waals surface area contributed by atoms with Gasteiger partial charge in [-0.25, -0.2) is 0 Å². The smallest absolute Gasteiger partial charge is 0.186 e. The van der Waals surface area contributed by atoms with Gasteiger partial charge in [0.25, 0.3) is 0 Å². The van der Waals surface area contributed by atoms with E-state index in [1.165, 1.54) is 0 Å². The fourth-order valence-electron chi connectivity index (χ4n) is 3.13. The minimum absolute atomic E-state index is 0.655. The molecule has 1 aliphatic heterocycles. The van der Waals surface area contributed by atoms with E-state index >= 15 is 0 Å². The summed E-state index contributed by atoms with van der Waals surface area (Å²) < 4.78 is 14.8. The lowest BCUT2D eigenvalue weighted by Crippen LogP contribution is -2.26. The van der Waals surface area contributed by atoms with Crippen LogP contribution in [0.25, 0.3) is 11.1 Å². The topological polar surface area (TPSA) is 46.5 Å². The van der Waals surface area contributed by atoms with Crippen LogP contribution in [0, 0.1) is 0 Å². The number of hydrogen-bond donors (Lipinski definition) is 1. The molecular weight excluding hydrogens is 318 g/mol. The van der Waals surface area contributed by atoms with Crippen LogP contribution in [0.3, 0.4) is 0 Å². The van der Waals surface area contributed by atoms with Gasteiger partial charge in [-0.2, -0.15) is 4.31 Å². The molecule has 2 unspecified atom stereocenters. The third-order valence-corrected chi connectivity index (χ3v) is 5.85. The zero-order chi connectivity index (χ0) is 16.7. The van der Waals surface area contributed by atoms with E-state index in [1.807, 2.05) is 72.8 Å². The van der Waals surface area contributed by atoms with E-state index in [-0.39, 0.29) is 0 Å². The largest absolute Gasteiger partial charge is 0.588 e. The van der Waals surface area contributed by atoms with Crippen LogP contribution in [0.5, 0.6) is 0 Å². The van der Waals surface area contributed by atoms with Crippen LogP contribution in [0.1, 0.15) is 17.2 Å². The van der Waals surface area contributed by atoms with Gasteiger partial charge in [0.2, 0.25) is 0 Å². The van der Waals surface area contributed by atoms with Gasteiger partial charge >= 0.3 is 0 Å². The zero-order valence-electron chi connectivity index (χ0n) is 13.2. The van der Waals surface area contributed by atoms with Crippen LogP contribution in [-0.2, 0) is 11.4 Å². The number of aliphatic hydroxyl groups excluding tert-OH is 1. The van der Waals surface area contributed by atoms with Crippen molar-refractivity contribution in [1.29, 1.82) is 0 Å². The van der Waals surface area contributed by atoms with Crippen LogP contribution in [0.2, 0.25) is 0 Å². The highest BCUT2D eigenvalue weighted by Gasteiger charge is 2.33. The Labute approximate surface area is 144 Å². The maximum atomic E-state index is 13.1. The molecule has 4 heteroatoms. The van der Waals surface area contributed by atoms with Gasteiger partial charge in [0.1, 0.15) is 17.5 Å². The van der Waals surface area contributed by atoms with E-state index < -0.39 is 17.5 Å². The number of fused-ring (bicyclic) bond motifs is 2. The molecule has 0 bridgehead atoms. The summed E-state index contributed by atoms with van der Waals surface area (Å²) >= 11 is -1.37. The molecule has 3 nitrogen and oxygen atoms in total. The van der Waals surface area contributed by atoms with E-state index in [1.54, 1.807) is 11.4 Å². The monoisotopic (exact) mass is 335 g/mol. The Bertz CT molecular complexity index is 882. The molecule has 3 aromatic carbocycles. The molecule has 0 saturated heterocycles. The van der Waals surface area contributed by atoms with Gasteiger partial charge in [0.15, 0.2) is 4.90 Å². The summed E-state index contributed by atoms with van der Waals surface area (Å²) in [5.74, 6) is 0. The average molecular weight is 335 g/mol. The summed E-state index contributed by atoms with van der Waals surface area (Å²) in [6, 6.07) is 23.3. The van der Waals surface area contributed by atoms with Crippen LogP contribution in [0.15, 0.2) is 77.7 Å². The molecule has 0 spiro atoms. The summed E-state index contributed by atoms with van der Waals surface area (Å²) in [4.78, 5) is 0.655. The first-order valence-electron chi connectivity index (χ1n) is 7.79. The van der Waals surface area contributed by atoms with E-state index in [0.717, 1.165) is 22.4 Å². The SMILES string of the molecule is CN1c2ccccc2C(O)c2ccc(-c3ccccc3)cc2[S+]1[O-]. The van der Waals surface area contributed by atoms with Crippen molar-refractivity contribution in [2.24, 2.45) is 0 Å². The third kappa shape index (κ3) is 2.40. The minimum atomic E-state index is -1.37. The normalized spacial score (nSPS) is 19.4. The number of aliphatic hydroxyl groups is 1. The lowest BCUT2D eigenvalue weighted by molar-refractivity contribution is 0.218. The van der Waals surface area contributed by atoms with Gasteiger partial charge in [-0.05, 0) is 17.2 Å². The number of anilines is 1. The van der Waals surface area contributed by atoms with Crippen LogP contribution in [-0.4, -0.2) is 16.7 Å². The molecule has 4 rings (SSSR count). The quantitative estimate of drug-likeness (QED) is 0.686. The van der Waals surface area contributed by atoms with Crippen LogP contribution < -0.4 is 4.31 Å². The molecule has 0 amide bonds. The van der Waals surface area contributed by atoms with Gasteiger partial charge in [-0.15, -0.1) is 0 Å². The molecule has 0 aliphatic carbocycles. The standard InChI is InChI=1S/C20H17NO2S/c1-21-18-10-6-5-9-16(18)20(22)17-12-11-15(13-19(17)24(21)23)14-7-3-2-4-8-14/h2-13,20,22H,1H3. The molecule has 2 atom stereocenters. The molecule has 1 aliphatic rings. The second-order valence-electron chi connectivity index (χ2n) is 5.83. The first-order valence-corrected chi connectivity index (χ1v) is 8.89. The molecule has 24 heavy (non-hydrogen) atoms. The zero-order valence-corrected chi connectivity index (χ0v) is 14.0. The number of rotatable bonds is 1. The van der Waals surface area contributed by atoms with Crippen LogP contribution >= 0.6 is 0 Å². The fourth-order valence-corrected chi connectivity index (χ4v) is 4.38. The van der Waals surface area contributed by atoms with Gasteiger partial charge in [0, 0.05) is 17.2 Å². The van der Waals surface area contributed by atoms with E-state index in [9.17, 15) is 9.66 Å². The molecule has 3 aromatic rings. The maximum Gasteiger partial charge on any atom is 0.186 e. The summed E-state index contributed by atoms with van der Waals surface area (Å²) in [6.07, 6.45) is -0.782. The number of benzene rings is 3. The maximum absolute atomic E-state index is 13.1. The van der Waals surface area contributed by atoms with Crippen molar-refractivity contribution in [3.63, 3.8) is 0 Å². The Balaban J connectivity index is 1.89. The Morgan fingerprint density at radius 3 is 2.38 bits per heavy atom. The lowest BCUT2D eigenvalue weighted by Gasteiger charge is -2.21. The minimum Gasteiger partial charge on any atom is -0.588 e. The summed E-state index contributed by atoms with van der Waals surface area (Å²) in [5.41, 5.74) is 4.33. The molecule has 1 heterocycles. The van der Waals surface area contributed by atoms with Crippen molar-refractivity contribution in [3.8, 4) is 11.1 Å². The highest BCUT2D eigenvalue weighted by Crippen LogP contribution is 2.41. The van der Waals surface area contributed by atoms with Crippen molar-refractivity contribution in [1.82, 2.24) is 0 Å². The number of para-hydroxylation sites is 1. The second kappa shape index (κ2) is 5.98. The summed E-state index contributed by atoms with van der Waals surface area (Å²) in [5, 5.41) is 10.8. The Hall–Kier alpha value is -2.27. The molecule has 1 N–H and O–H groups in total. The number of hydrogen-bond acceptors (Lipinski definition) is 3. The Kier molecular flexibility index (Phi) is 3.81.